The van der Waals surface area contributed by atoms with Gasteiger partial charge in [-0.25, -0.2) is 0 Å². The maximum atomic E-state index is 12.8. The monoisotopic (exact) mass is 286 g/mol. The highest BCUT2D eigenvalue weighted by Gasteiger charge is 2.23. The number of benzene rings is 2. The predicted octanol–water partition coefficient (Wildman–Crippen LogP) is 2.56. The van der Waals surface area contributed by atoms with Gasteiger partial charge in [-0.1, -0.05) is 18.2 Å². The number of nitrogens with two attached hydrogens (primary N) is 1. The van der Waals surface area contributed by atoms with Crippen LogP contribution in [0.1, 0.15) is 10.4 Å². The average Bonchev–Trinajstić information content (AvgIpc) is 2.53. The third-order valence-corrected chi connectivity index (χ3v) is 3.24. The van der Waals surface area contributed by atoms with Gasteiger partial charge < -0.3 is 20.1 Å². The van der Waals surface area contributed by atoms with Gasteiger partial charge in [0.15, 0.2) is 0 Å². The number of carbonyl (C=O) groups excluding carboxylic acids is 1. The van der Waals surface area contributed by atoms with Crippen LogP contribution in [0.2, 0.25) is 0 Å². The SMILES string of the molecule is COc1cccc(OC)c1C(=O)N(C)c1ccccc1N. The van der Waals surface area contributed by atoms with E-state index in [9.17, 15) is 4.79 Å². The molecule has 0 spiro atoms. The number of amides is 1. The molecule has 0 fully saturated rings. The Hall–Kier alpha value is -2.69. The van der Waals surface area contributed by atoms with E-state index in [4.69, 9.17) is 15.2 Å². The molecule has 0 saturated heterocycles. The predicted molar refractivity (Wildman–Crippen MR) is 83.1 cm³/mol. The minimum absolute atomic E-state index is 0.248. The van der Waals surface area contributed by atoms with Crippen molar-refractivity contribution in [2.45, 2.75) is 0 Å². The van der Waals surface area contributed by atoms with Crippen LogP contribution in [0.15, 0.2) is 42.5 Å². The molecule has 2 aromatic rings. The summed E-state index contributed by atoms with van der Waals surface area (Å²) in [4.78, 5) is 14.2. The van der Waals surface area contributed by atoms with Gasteiger partial charge in [0.1, 0.15) is 17.1 Å². The van der Waals surface area contributed by atoms with Crippen LogP contribution in [0.4, 0.5) is 11.4 Å². The maximum absolute atomic E-state index is 12.8. The standard InChI is InChI=1S/C16H18N2O3/c1-18(12-8-5-4-7-11(12)17)16(19)15-13(20-2)9-6-10-14(15)21-3/h4-10H,17H2,1-3H3. The smallest absolute Gasteiger partial charge is 0.265 e. The Morgan fingerprint density at radius 2 is 1.57 bits per heavy atom. The largest absolute Gasteiger partial charge is 0.496 e. The molecule has 21 heavy (non-hydrogen) atoms. The van der Waals surface area contributed by atoms with Gasteiger partial charge in [-0.3, -0.25) is 4.79 Å². The molecule has 0 unspecified atom stereocenters. The zero-order valence-electron chi connectivity index (χ0n) is 12.3. The van der Waals surface area contributed by atoms with Crippen LogP contribution in [0.3, 0.4) is 0 Å². The van der Waals surface area contributed by atoms with Crippen molar-refractivity contribution in [2.75, 3.05) is 31.9 Å². The van der Waals surface area contributed by atoms with Crippen LogP contribution in [0.5, 0.6) is 11.5 Å². The van der Waals surface area contributed by atoms with Crippen LogP contribution >= 0.6 is 0 Å². The lowest BCUT2D eigenvalue weighted by molar-refractivity contribution is 0.0987. The zero-order valence-corrected chi connectivity index (χ0v) is 12.3. The number of nitrogens with zero attached hydrogens (tertiary/aromatic N) is 1. The molecule has 0 aliphatic carbocycles. The minimum atomic E-state index is -0.248. The lowest BCUT2D eigenvalue weighted by atomic mass is 10.1. The molecule has 2 aromatic carbocycles. The highest BCUT2D eigenvalue weighted by molar-refractivity contribution is 6.10. The van der Waals surface area contributed by atoms with Crippen LogP contribution in [-0.4, -0.2) is 27.2 Å². The Labute approximate surface area is 123 Å². The fourth-order valence-electron chi connectivity index (χ4n) is 2.13. The van der Waals surface area contributed by atoms with Crippen molar-refractivity contribution in [2.24, 2.45) is 0 Å². The number of methoxy groups -OCH3 is 2. The molecule has 1 amide bonds. The molecule has 0 bridgehead atoms. The van der Waals surface area contributed by atoms with Crippen molar-refractivity contribution < 1.29 is 14.3 Å². The highest BCUT2D eigenvalue weighted by Crippen LogP contribution is 2.31. The summed E-state index contributed by atoms with van der Waals surface area (Å²) in [6.07, 6.45) is 0. The summed E-state index contributed by atoms with van der Waals surface area (Å²) in [5.41, 5.74) is 7.46. The minimum Gasteiger partial charge on any atom is -0.496 e. The lowest BCUT2D eigenvalue weighted by Gasteiger charge is -2.21. The van der Waals surface area contributed by atoms with E-state index in [2.05, 4.69) is 0 Å². The van der Waals surface area contributed by atoms with E-state index in [1.54, 1.807) is 37.4 Å². The molecule has 0 atom stereocenters. The van der Waals surface area contributed by atoms with Crippen molar-refractivity contribution in [3.63, 3.8) is 0 Å². The topological polar surface area (TPSA) is 64.8 Å². The fraction of sp³-hybridized carbons (Fsp3) is 0.188. The summed E-state index contributed by atoms with van der Waals surface area (Å²) >= 11 is 0. The van der Waals surface area contributed by atoms with Gasteiger partial charge in [0.2, 0.25) is 0 Å². The van der Waals surface area contributed by atoms with Crippen molar-refractivity contribution >= 4 is 17.3 Å². The van der Waals surface area contributed by atoms with Crippen LogP contribution in [0, 0.1) is 0 Å². The van der Waals surface area contributed by atoms with Gasteiger partial charge in [0.25, 0.3) is 5.91 Å². The fourth-order valence-corrected chi connectivity index (χ4v) is 2.13. The first kappa shape index (κ1) is 14.7. The second-order valence-electron chi connectivity index (χ2n) is 4.46. The third kappa shape index (κ3) is 2.76. The van der Waals surface area contributed by atoms with Gasteiger partial charge in [0.05, 0.1) is 25.6 Å². The lowest BCUT2D eigenvalue weighted by Crippen LogP contribution is -2.27. The Balaban J connectivity index is 2.47. The molecule has 2 N–H and O–H groups in total. The van der Waals surface area contributed by atoms with E-state index in [-0.39, 0.29) is 5.91 Å². The van der Waals surface area contributed by atoms with Crippen molar-refractivity contribution in [3.8, 4) is 11.5 Å². The highest BCUT2D eigenvalue weighted by atomic mass is 16.5. The number of hydrogen-bond acceptors (Lipinski definition) is 4. The van der Waals surface area contributed by atoms with Gasteiger partial charge in [-0.05, 0) is 24.3 Å². The summed E-state index contributed by atoms with van der Waals surface area (Å²) in [6.45, 7) is 0. The van der Waals surface area contributed by atoms with E-state index >= 15 is 0 Å². The number of hydrogen-bond donors (Lipinski definition) is 1. The molecule has 5 heteroatoms. The van der Waals surface area contributed by atoms with Gasteiger partial charge in [0, 0.05) is 7.05 Å². The van der Waals surface area contributed by atoms with Crippen molar-refractivity contribution in [3.05, 3.63) is 48.0 Å². The van der Waals surface area contributed by atoms with Crippen molar-refractivity contribution in [1.29, 1.82) is 0 Å². The Morgan fingerprint density at radius 3 is 2.10 bits per heavy atom. The van der Waals surface area contributed by atoms with Crippen LogP contribution < -0.4 is 20.1 Å². The first-order valence-electron chi connectivity index (χ1n) is 6.43. The zero-order chi connectivity index (χ0) is 15.4. The second-order valence-corrected chi connectivity index (χ2v) is 4.46. The summed E-state index contributed by atoms with van der Waals surface area (Å²) < 4.78 is 10.5. The van der Waals surface area contributed by atoms with Crippen LogP contribution in [-0.2, 0) is 0 Å². The first-order chi connectivity index (χ1) is 10.1. The number of rotatable bonds is 4. The Kier molecular flexibility index (Phi) is 4.33. The Morgan fingerprint density at radius 1 is 1.00 bits per heavy atom. The average molecular weight is 286 g/mol. The van der Waals surface area contributed by atoms with E-state index < -0.39 is 0 Å². The summed E-state index contributed by atoms with van der Waals surface area (Å²) in [6, 6.07) is 12.4. The molecular weight excluding hydrogens is 268 g/mol. The van der Waals surface area contributed by atoms with Gasteiger partial charge >= 0.3 is 0 Å². The number of carbonyl (C=O) groups is 1. The van der Waals surface area contributed by atoms with E-state index in [0.29, 0.717) is 28.4 Å². The first-order valence-corrected chi connectivity index (χ1v) is 6.43. The number of para-hydroxylation sites is 2. The van der Waals surface area contributed by atoms with Crippen molar-refractivity contribution in [1.82, 2.24) is 0 Å². The normalized spacial score (nSPS) is 10.0. The van der Waals surface area contributed by atoms with Gasteiger partial charge in [-0.15, -0.1) is 0 Å². The van der Waals surface area contributed by atoms with E-state index in [1.807, 2.05) is 12.1 Å². The molecule has 0 aliphatic rings. The molecule has 5 nitrogen and oxygen atoms in total. The Bertz CT molecular complexity index is 633. The molecule has 0 aromatic heterocycles. The second kappa shape index (κ2) is 6.17. The molecule has 0 radical (unpaired) electrons. The van der Waals surface area contributed by atoms with E-state index in [0.717, 1.165) is 0 Å². The molecule has 110 valence electrons. The van der Waals surface area contributed by atoms with Gasteiger partial charge in [-0.2, -0.15) is 0 Å². The molecule has 0 saturated carbocycles. The quantitative estimate of drug-likeness (QED) is 0.877. The summed E-state index contributed by atoms with van der Waals surface area (Å²) in [7, 11) is 4.70. The molecule has 2 rings (SSSR count). The number of nitrogen functional groups attached to an aromatic ring is 1. The number of anilines is 2. The summed E-state index contributed by atoms with van der Waals surface area (Å²) in [5.74, 6) is 0.670. The summed E-state index contributed by atoms with van der Waals surface area (Å²) in [5, 5.41) is 0. The molecule has 0 aliphatic heterocycles. The maximum Gasteiger partial charge on any atom is 0.265 e. The number of ether oxygens (including phenoxy) is 2. The molecule has 0 heterocycles. The van der Waals surface area contributed by atoms with Crippen LogP contribution in [0.25, 0.3) is 0 Å². The third-order valence-electron chi connectivity index (χ3n) is 3.24. The molecular formula is C16H18N2O3. The van der Waals surface area contributed by atoms with E-state index in [1.165, 1.54) is 19.1 Å².